The molecule has 0 bridgehead atoms. The highest BCUT2D eigenvalue weighted by Crippen LogP contribution is 2.25. The maximum Gasteiger partial charge on any atom is 0.220 e. The Hall–Kier alpha value is -1.22. The Morgan fingerprint density at radius 2 is 1.54 bits per heavy atom. The molecule has 138 valence electrons. The first-order chi connectivity index (χ1) is 11.0. The molecule has 1 rings (SSSR count). The van der Waals surface area contributed by atoms with Gasteiger partial charge in [-0.25, -0.2) is 10.6 Å². The number of nitrogens with one attached hydrogen (secondary N) is 2. The fourth-order valence-corrected chi connectivity index (χ4v) is 2.56. The zero-order chi connectivity index (χ0) is 18.4. The molecule has 0 aromatic heterocycles. The number of unbranched alkanes of at least 4 members (excludes halogenated alkanes) is 3. The predicted molar refractivity (Wildman–Crippen MR) is 90.7 cm³/mol. The van der Waals surface area contributed by atoms with Gasteiger partial charge in [-0.05, 0) is 36.1 Å². The van der Waals surface area contributed by atoms with Gasteiger partial charge in [-0.15, -0.1) is 0 Å². The van der Waals surface area contributed by atoms with Gasteiger partial charge < -0.3 is 25.5 Å². The summed E-state index contributed by atoms with van der Waals surface area (Å²) in [7, 11) is 0. The summed E-state index contributed by atoms with van der Waals surface area (Å²) < 4.78 is 0. The number of aromatic hydroxyl groups is 1. The summed E-state index contributed by atoms with van der Waals surface area (Å²) in [5, 5.41) is 53.2. The molecule has 0 aliphatic carbocycles. The van der Waals surface area contributed by atoms with Gasteiger partial charge in [-0.1, -0.05) is 32.3 Å². The van der Waals surface area contributed by atoms with E-state index in [1.807, 2.05) is 0 Å². The number of rotatable bonds is 10. The zero-order valence-electron chi connectivity index (χ0n) is 14.6. The lowest BCUT2D eigenvalue weighted by molar-refractivity contribution is -0.206. The molecule has 24 heavy (non-hydrogen) atoms. The number of hydrogen-bond acceptors (Lipinski definition) is 7. The Morgan fingerprint density at radius 1 is 0.958 bits per heavy atom. The first kappa shape index (κ1) is 20.8. The second kappa shape index (κ2) is 8.75. The van der Waals surface area contributed by atoms with E-state index >= 15 is 0 Å². The molecular weight excluding hydrogens is 312 g/mol. The highest BCUT2D eigenvalue weighted by atomic mass is 16.5. The topological polar surface area (TPSA) is 125 Å². The first-order valence-electron chi connectivity index (χ1n) is 8.28. The molecule has 0 heterocycles. The first-order valence-corrected chi connectivity index (χ1v) is 8.28. The van der Waals surface area contributed by atoms with Crippen molar-refractivity contribution in [3.8, 4) is 5.75 Å². The molecule has 0 unspecified atom stereocenters. The van der Waals surface area contributed by atoms with Crippen molar-refractivity contribution in [2.24, 2.45) is 0 Å². The molecule has 0 saturated carbocycles. The Bertz CT molecular complexity index is 493. The molecular formula is C17H30N2O5. The lowest BCUT2D eigenvalue weighted by atomic mass is 9.98. The van der Waals surface area contributed by atoms with Crippen molar-refractivity contribution in [2.75, 3.05) is 0 Å². The van der Waals surface area contributed by atoms with E-state index in [2.05, 4.69) is 17.6 Å². The number of hydrogen-bond donors (Lipinski definition) is 7. The van der Waals surface area contributed by atoms with E-state index in [-0.39, 0.29) is 5.75 Å². The van der Waals surface area contributed by atoms with E-state index in [1.165, 1.54) is 6.07 Å². The van der Waals surface area contributed by atoms with Crippen molar-refractivity contribution in [3.05, 3.63) is 29.3 Å². The molecule has 7 heteroatoms. The van der Waals surface area contributed by atoms with Crippen molar-refractivity contribution < 1.29 is 25.5 Å². The van der Waals surface area contributed by atoms with Crippen LogP contribution in [-0.4, -0.2) is 37.4 Å². The Balaban J connectivity index is 3.07. The molecule has 0 spiro atoms. The number of phenols is 1. The van der Waals surface area contributed by atoms with Gasteiger partial charge in [0.15, 0.2) is 0 Å². The van der Waals surface area contributed by atoms with Crippen LogP contribution < -0.4 is 10.6 Å². The SMILES string of the molecule is CCCCCCc1ccc(O)cc1C(NC(C)(O)O)NC(C)(O)O. The van der Waals surface area contributed by atoms with Crippen molar-refractivity contribution in [2.45, 2.75) is 70.9 Å². The van der Waals surface area contributed by atoms with Crippen LogP contribution in [0.5, 0.6) is 5.75 Å². The maximum atomic E-state index is 9.79. The summed E-state index contributed by atoms with van der Waals surface area (Å²) in [4.78, 5) is 0. The van der Waals surface area contributed by atoms with Gasteiger partial charge in [0.05, 0.1) is 6.17 Å². The number of aryl methyl sites for hydroxylation is 1. The van der Waals surface area contributed by atoms with Crippen LogP contribution in [0, 0.1) is 0 Å². The van der Waals surface area contributed by atoms with Gasteiger partial charge in [0.2, 0.25) is 11.8 Å². The van der Waals surface area contributed by atoms with E-state index in [0.717, 1.165) is 51.5 Å². The molecule has 1 aromatic carbocycles. The average molecular weight is 342 g/mol. The van der Waals surface area contributed by atoms with E-state index in [0.29, 0.717) is 5.56 Å². The summed E-state index contributed by atoms with van der Waals surface area (Å²) in [5.41, 5.74) is 1.40. The van der Waals surface area contributed by atoms with Crippen molar-refractivity contribution >= 4 is 0 Å². The second-order valence-corrected chi connectivity index (χ2v) is 6.46. The molecule has 0 amide bonds. The predicted octanol–water partition coefficient (Wildman–Crippen LogP) is 1.01. The number of benzene rings is 1. The third-order valence-corrected chi connectivity index (χ3v) is 3.58. The minimum absolute atomic E-state index is 0.00562. The van der Waals surface area contributed by atoms with Crippen LogP contribution >= 0.6 is 0 Å². The number of phenolic OH excluding ortho intramolecular Hbond substituents is 1. The Kier molecular flexibility index (Phi) is 7.59. The molecule has 7 N–H and O–H groups in total. The van der Waals surface area contributed by atoms with Crippen molar-refractivity contribution in [1.29, 1.82) is 0 Å². The molecule has 7 nitrogen and oxygen atoms in total. The minimum Gasteiger partial charge on any atom is -0.508 e. The van der Waals surface area contributed by atoms with Crippen LogP contribution in [0.1, 0.15) is 63.7 Å². The molecule has 0 aliphatic rings. The fraction of sp³-hybridized carbons (Fsp3) is 0.647. The molecule has 1 aromatic rings. The Morgan fingerprint density at radius 3 is 2.04 bits per heavy atom. The lowest BCUT2D eigenvalue weighted by Gasteiger charge is -2.32. The summed E-state index contributed by atoms with van der Waals surface area (Å²) in [6, 6.07) is 4.78. The van der Waals surface area contributed by atoms with Crippen molar-refractivity contribution in [3.63, 3.8) is 0 Å². The average Bonchev–Trinajstić information content (AvgIpc) is 2.41. The summed E-state index contributed by atoms with van der Waals surface area (Å²) in [6.07, 6.45) is 4.01. The summed E-state index contributed by atoms with van der Waals surface area (Å²) >= 11 is 0. The smallest absolute Gasteiger partial charge is 0.220 e. The molecule has 0 aliphatic heterocycles. The number of aliphatic hydroxyl groups is 4. The molecule has 0 radical (unpaired) electrons. The molecule has 0 atom stereocenters. The zero-order valence-corrected chi connectivity index (χ0v) is 14.6. The molecule has 0 fully saturated rings. The third-order valence-electron chi connectivity index (χ3n) is 3.58. The van der Waals surface area contributed by atoms with Crippen LogP contribution in [-0.2, 0) is 6.42 Å². The van der Waals surface area contributed by atoms with Gasteiger partial charge in [0, 0.05) is 13.8 Å². The van der Waals surface area contributed by atoms with Gasteiger partial charge in [-0.3, -0.25) is 0 Å². The highest BCUT2D eigenvalue weighted by molar-refractivity contribution is 5.37. The largest absolute Gasteiger partial charge is 0.508 e. The van der Waals surface area contributed by atoms with Gasteiger partial charge in [0.25, 0.3) is 0 Å². The van der Waals surface area contributed by atoms with Crippen LogP contribution in [0.15, 0.2) is 18.2 Å². The molecule has 0 saturated heterocycles. The van der Waals surface area contributed by atoms with Crippen molar-refractivity contribution in [1.82, 2.24) is 10.6 Å². The quantitative estimate of drug-likeness (QED) is 0.250. The normalized spacial score (nSPS) is 12.8. The van der Waals surface area contributed by atoms with Crippen LogP contribution in [0.2, 0.25) is 0 Å². The second-order valence-electron chi connectivity index (χ2n) is 6.46. The standard InChI is InChI=1S/C17H30N2O5/c1-4-5-6-7-8-12-9-10-13(20)11-14(12)15(18-16(2,21)22)19-17(3,23)24/h9-11,15,18-24H,4-8H2,1-3H3. The lowest BCUT2D eigenvalue weighted by Crippen LogP contribution is -2.55. The van der Waals surface area contributed by atoms with E-state index in [1.54, 1.807) is 12.1 Å². The summed E-state index contributed by atoms with van der Waals surface area (Å²) in [6.45, 7) is 4.37. The minimum atomic E-state index is -2.24. The Labute approximate surface area is 143 Å². The van der Waals surface area contributed by atoms with E-state index in [4.69, 9.17) is 0 Å². The van der Waals surface area contributed by atoms with Crippen LogP contribution in [0.3, 0.4) is 0 Å². The summed E-state index contributed by atoms with van der Waals surface area (Å²) in [5.74, 6) is -4.48. The van der Waals surface area contributed by atoms with Crippen LogP contribution in [0.25, 0.3) is 0 Å². The third kappa shape index (κ3) is 8.05. The van der Waals surface area contributed by atoms with E-state index in [9.17, 15) is 25.5 Å². The van der Waals surface area contributed by atoms with Gasteiger partial charge >= 0.3 is 0 Å². The fourth-order valence-electron chi connectivity index (χ4n) is 2.56. The highest BCUT2D eigenvalue weighted by Gasteiger charge is 2.29. The van der Waals surface area contributed by atoms with Crippen LogP contribution in [0.4, 0.5) is 0 Å². The monoisotopic (exact) mass is 342 g/mol. The van der Waals surface area contributed by atoms with E-state index < -0.39 is 18.0 Å². The van der Waals surface area contributed by atoms with Gasteiger partial charge in [0.1, 0.15) is 5.75 Å². The van der Waals surface area contributed by atoms with Gasteiger partial charge in [-0.2, -0.15) is 0 Å². The maximum absolute atomic E-state index is 9.79.